The summed E-state index contributed by atoms with van der Waals surface area (Å²) in [6.07, 6.45) is 2.33. The number of aromatic nitrogens is 2. The minimum absolute atomic E-state index is 0.233. The van der Waals surface area contributed by atoms with E-state index in [0.717, 1.165) is 45.7 Å². The van der Waals surface area contributed by atoms with Crippen LogP contribution in [0.1, 0.15) is 51.1 Å². The third kappa shape index (κ3) is 3.27. The van der Waals surface area contributed by atoms with Crippen LogP contribution in [-0.4, -0.2) is 15.9 Å². The van der Waals surface area contributed by atoms with Crippen molar-refractivity contribution in [3.8, 4) is 0 Å². The van der Waals surface area contributed by atoms with E-state index < -0.39 is 0 Å². The molecule has 1 saturated carbocycles. The predicted molar refractivity (Wildman–Crippen MR) is 97.6 cm³/mol. The number of amides is 1. The molecule has 0 aliphatic heterocycles. The lowest BCUT2D eigenvalue weighted by atomic mass is 10.1. The number of fused-ring (bicyclic) bond motifs is 1. The lowest BCUT2D eigenvalue weighted by Crippen LogP contribution is -2.23. The maximum atomic E-state index is 12.5. The fraction of sp³-hybridized carbons (Fsp3) is 0.316. The van der Waals surface area contributed by atoms with Gasteiger partial charge in [0.25, 0.3) is 5.91 Å². The summed E-state index contributed by atoms with van der Waals surface area (Å²) in [5.74, 6) is 1.18. The third-order valence-corrected chi connectivity index (χ3v) is 5.57. The molecular weight excluding hydrogens is 334 g/mol. The Morgan fingerprint density at radius 1 is 1.24 bits per heavy atom. The van der Waals surface area contributed by atoms with Crippen molar-refractivity contribution in [1.82, 2.24) is 15.4 Å². The Hall–Kier alpha value is -2.31. The fourth-order valence-corrected chi connectivity index (χ4v) is 4.03. The zero-order valence-corrected chi connectivity index (χ0v) is 15.0. The highest BCUT2D eigenvalue weighted by Crippen LogP contribution is 2.40. The number of rotatable bonds is 5. The Labute approximate surface area is 150 Å². The van der Waals surface area contributed by atoms with Crippen molar-refractivity contribution in [1.29, 1.82) is 0 Å². The molecule has 3 aromatic rings. The smallest absolute Gasteiger partial charge is 0.269 e. The highest BCUT2D eigenvalue weighted by atomic mass is 32.1. The fourth-order valence-electron chi connectivity index (χ4n) is 2.91. The first-order valence-electron chi connectivity index (χ1n) is 8.37. The Morgan fingerprint density at radius 2 is 2.00 bits per heavy atom. The molecule has 1 aliphatic carbocycles. The van der Waals surface area contributed by atoms with Crippen molar-refractivity contribution in [2.75, 3.05) is 0 Å². The first-order chi connectivity index (χ1) is 12.1. The molecule has 0 atom stereocenters. The summed E-state index contributed by atoms with van der Waals surface area (Å²) in [4.78, 5) is 28.7. The van der Waals surface area contributed by atoms with Crippen molar-refractivity contribution in [3.05, 3.63) is 57.9 Å². The normalized spacial score (nSPS) is 14.0. The average Bonchev–Trinajstić information content (AvgIpc) is 3.40. The van der Waals surface area contributed by atoms with E-state index in [-0.39, 0.29) is 5.91 Å². The molecule has 1 aromatic carbocycles. The second kappa shape index (κ2) is 6.54. The van der Waals surface area contributed by atoms with Crippen molar-refractivity contribution in [3.63, 3.8) is 0 Å². The molecule has 0 unspecified atom stereocenters. The van der Waals surface area contributed by atoms with Crippen LogP contribution >= 0.6 is 11.3 Å². The zero-order chi connectivity index (χ0) is 17.4. The van der Waals surface area contributed by atoms with Crippen molar-refractivity contribution < 1.29 is 9.63 Å². The molecule has 2 heterocycles. The van der Waals surface area contributed by atoms with Gasteiger partial charge in [0.1, 0.15) is 10.7 Å². The van der Waals surface area contributed by atoms with Gasteiger partial charge in [-0.3, -0.25) is 9.63 Å². The largest absolute Gasteiger partial charge is 0.285 e. The number of thiophene rings is 1. The van der Waals surface area contributed by atoms with E-state index in [4.69, 9.17) is 4.84 Å². The Balaban J connectivity index is 1.53. The van der Waals surface area contributed by atoms with Gasteiger partial charge in [0.2, 0.25) is 0 Å². The number of nitrogens with one attached hydrogen (secondary N) is 1. The van der Waals surface area contributed by atoms with Crippen LogP contribution in [0.5, 0.6) is 0 Å². The zero-order valence-electron chi connectivity index (χ0n) is 14.2. The molecule has 0 spiro atoms. The Bertz CT molecular complexity index is 933. The van der Waals surface area contributed by atoms with Crippen LogP contribution in [0.15, 0.2) is 30.3 Å². The van der Waals surface area contributed by atoms with Gasteiger partial charge in [-0.25, -0.2) is 15.4 Å². The number of hydrogen-bond donors (Lipinski definition) is 1. The first kappa shape index (κ1) is 16.2. The lowest BCUT2D eigenvalue weighted by molar-refractivity contribution is 0.0236. The quantitative estimate of drug-likeness (QED) is 0.703. The minimum Gasteiger partial charge on any atom is -0.269 e. The van der Waals surface area contributed by atoms with Gasteiger partial charge in [-0.15, -0.1) is 11.3 Å². The SMILES string of the molecule is Cc1nc(C2CC2)nc2sc(C(=O)NOCc3ccccc3)c(C)c12. The van der Waals surface area contributed by atoms with Crippen LogP contribution in [0.2, 0.25) is 0 Å². The summed E-state index contributed by atoms with van der Waals surface area (Å²) in [5, 5.41) is 0.989. The van der Waals surface area contributed by atoms with E-state index in [1.54, 1.807) is 0 Å². The average molecular weight is 353 g/mol. The van der Waals surface area contributed by atoms with Gasteiger partial charge < -0.3 is 0 Å². The highest BCUT2D eigenvalue weighted by molar-refractivity contribution is 7.20. The van der Waals surface area contributed by atoms with E-state index in [1.165, 1.54) is 11.3 Å². The van der Waals surface area contributed by atoms with Crippen LogP contribution in [0.3, 0.4) is 0 Å². The third-order valence-electron chi connectivity index (χ3n) is 4.38. The molecular formula is C19H19N3O2S. The van der Waals surface area contributed by atoms with Gasteiger partial charge in [-0.2, -0.15) is 0 Å². The summed E-state index contributed by atoms with van der Waals surface area (Å²) < 4.78 is 0. The van der Waals surface area contributed by atoms with E-state index in [1.807, 2.05) is 44.2 Å². The van der Waals surface area contributed by atoms with Gasteiger partial charge in [0.05, 0.1) is 17.2 Å². The van der Waals surface area contributed by atoms with Gasteiger partial charge in [-0.1, -0.05) is 30.3 Å². The van der Waals surface area contributed by atoms with Crippen LogP contribution in [0.25, 0.3) is 10.2 Å². The van der Waals surface area contributed by atoms with Crippen molar-refractivity contribution >= 4 is 27.5 Å². The summed E-state index contributed by atoms with van der Waals surface area (Å²) >= 11 is 1.41. The van der Waals surface area contributed by atoms with Crippen LogP contribution in [0.4, 0.5) is 0 Å². The van der Waals surface area contributed by atoms with Crippen molar-refractivity contribution in [2.45, 2.75) is 39.2 Å². The first-order valence-corrected chi connectivity index (χ1v) is 9.19. The molecule has 0 radical (unpaired) electrons. The second-order valence-electron chi connectivity index (χ2n) is 6.38. The van der Waals surface area contributed by atoms with Gasteiger partial charge in [0.15, 0.2) is 0 Å². The molecule has 1 fully saturated rings. The molecule has 128 valence electrons. The Morgan fingerprint density at radius 3 is 2.72 bits per heavy atom. The second-order valence-corrected chi connectivity index (χ2v) is 7.38. The maximum absolute atomic E-state index is 12.5. The van der Waals surface area contributed by atoms with Crippen LogP contribution in [-0.2, 0) is 11.4 Å². The van der Waals surface area contributed by atoms with Crippen LogP contribution in [0, 0.1) is 13.8 Å². The van der Waals surface area contributed by atoms with Crippen LogP contribution < -0.4 is 5.48 Å². The molecule has 25 heavy (non-hydrogen) atoms. The molecule has 0 bridgehead atoms. The standard InChI is InChI=1S/C19H19N3O2S/c1-11-15-12(2)20-17(14-8-9-14)21-19(15)25-16(11)18(23)22-24-10-13-6-4-3-5-7-13/h3-7,14H,8-10H2,1-2H3,(H,22,23). The van der Waals surface area contributed by atoms with E-state index in [9.17, 15) is 4.79 Å². The van der Waals surface area contributed by atoms with E-state index in [0.29, 0.717) is 17.4 Å². The molecule has 2 aromatic heterocycles. The monoisotopic (exact) mass is 353 g/mol. The topological polar surface area (TPSA) is 64.1 Å². The number of hydrogen-bond acceptors (Lipinski definition) is 5. The molecule has 6 heteroatoms. The predicted octanol–water partition coefficient (Wildman–Crippen LogP) is 4.05. The summed E-state index contributed by atoms with van der Waals surface area (Å²) in [6, 6.07) is 9.73. The van der Waals surface area contributed by atoms with Gasteiger partial charge in [-0.05, 0) is 37.8 Å². The number of benzene rings is 1. The molecule has 5 nitrogen and oxygen atoms in total. The minimum atomic E-state index is -0.233. The highest BCUT2D eigenvalue weighted by Gasteiger charge is 2.28. The Kier molecular flexibility index (Phi) is 4.23. The van der Waals surface area contributed by atoms with Gasteiger partial charge in [0, 0.05) is 11.3 Å². The maximum Gasteiger partial charge on any atom is 0.285 e. The van der Waals surface area contributed by atoms with Crippen molar-refractivity contribution in [2.24, 2.45) is 0 Å². The lowest BCUT2D eigenvalue weighted by Gasteiger charge is -2.05. The number of nitrogens with zero attached hydrogens (tertiary/aromatic N) is 2. The van der Waals surface area contributed by atoms with E-state index in [2.05, 4.69) is 15.4 Å². The van der Waals surface area contributed by atoms with Gasteiger partial charge >= 0.3 is 0 Å². The molecule has 4 rings (SSSR count). The van der Waals surface area contributed by atoms with E-state index >= 15 is 0 Å². The molecule has 0 saturated heterocycles. The molecule has 1 aliphatic rings. The number of carbonyl (C=O) groups excluding carboxylic acids is 1. The number of carbonyl (C=O) groups is 1. The summed E-state index contributed by atoms with van der Waals surface area (Å²) in [5.41, 5.74) is 5.41. The number of hydroxylamine groups is 1. The number of aryl methyl sites for hydroxylation is 2. The molecule has 1 N–H and O–H groups in total. The molecule has 1 amide bonds. The summed E-state index contributed by atoms with van der Waals surface area (Å²) in [6.45, 7) is 4.27. The summed E-state index contributed by atoms with van der Waals surface area (Å²) in [7, 11) is 0.